The molecule has 0 amide bonds. The highest BCUT2D eigenvalue weighted by atomic mass is 14.3. The molecule has 0 heterocycles. The summed E-state index contributed by atoms with van der Waals surface area (Å²) in [6, 6.07) is 0. The van der Waals surface area contributed by atoms with Gasteiger partial charge >= 0.3 is 0 Å². The van der Waals surface area contributed by atoms with Gasteiger partial charge in [0.1, 0.15) is 0 Å². The summed E-state index contributed by atoms with van der Waals surface area (Å²) >= 11 is 0. The number of allylic oxidation sites excluding steroid dienone is 4. The summed E-state index contributed by atoms with van der Waals surface area (Å²) in [7, 11) is 0. The molecule has 1 aliphatic rings. The van der Waals surface area contributed by atoms with Crippen LogP contribution in [0.15, 0.2) is 23.8 Å². The fourth-order valence-electron chi connectivity index (χ4n) is 1.93. The van der Waals surface area contributed by atoms with Gasteiger partial charge in [0.15, 0.2) is 0 Å². The molecule has 0 radical (unpaired) electrons. The molecule has 66 valence electrons. The molecule has 1 fully saturated rings. The maximum Gasteiger partial charge on any atom is 0.0174 e. The lowest BCUT2D eigenvalue weighted by Gasteiger charge is -2.11. The third kappa shape index (κ3) is 1.84. The Labute approximate surface area is 74.7 Å². The second-order valence-electron chi connectivity index (χ2n) is 3.46. The molecule has 12 heavy (non-hydrogen) atoms. The fourth-order valence-corrected chi connectivity index (χ4v) is 1.93. The monoisotopic (exact) mass is 163 g/mol. The van der Waals surface area contributed by atoms with Gasteiger partial charge in [-0.15, -0.1) is 0 Å². The SMILES string of the molecule is C/C=C1\CCC(C)C1/C=C\C=N. The first-order valence-corrected chi connectivity index (χ1v) is 4.62. The minimum Gasteiger partial charge on any atom is -0.309 e. The molecule has 1 nitrogen and oxygen atoms in total. The molecule has 1 heteroatoms. The Hall–Kier alpha value is -0.850. The average Bonchev–Trinajstić information content (AvgIpc) is 2.43. The van der Waals surface area contributed by atoms with E-state index in [9.17, 15) is 0 Å². The maximum atomic E-state index is 6.92. The molecule has 0 saturated heterocycles. The third-order valence-corrected chi connectivity index (χ3v) is 2.72. The highest BCUT2D eigenvalue weighted by Crippen LogP contribution is 2.36. The number of hydrogen-bond donors (Lipinski definition) is 1. The summed E-state index contributed by atoms with van der Waals surface area (Å²) in [4.78, 5) is 0. The molecule has 1 aliphatic carbocycles. The molecule has 0 aliphatic heterocycles. The topological polar surface area (TPSA) is 23.9 Å². The lowest BCUT2D eigenvalue weighted by Crippen LogP contribution is -2.01. The van der Waals surface area contributed by atoms with Gasteiger partial charge in [-0.25, -0.2) is 0 Å². The zero-order valence-corrected chi connectivity index (χ0v) is 7.88. The van der Waals surface area contributed by atoms with E-state index in [1.807, 2.05) is 6.08 Å². The van der Waals surface area contributed by atoms with Crippen molar-refractivity contribution in [3.05, 3.63) is 23.8 Å². The van der Waals surface area contributed by atoms with E-state index in [2.05, 4.69) is 26.0 Å². The molecule has 0 spiro atoms. The normalized spacial score (nSPS) is 33.3. The smallest absolute Gasteiger partial charge is 0.0174 e. The minimum absolute atomic E-state index is 0.594. The summed E-state index contributed by atoms with van der Waals surface area (Å²) in [5, 5.41) is 6.92. The van der Waals surface area contributed by atoms with E-state index in [1.54, 1.807) is 5.57 Å². The van der Waals surface area contributed by atoms with Crippen molar-refractivity contribution in [3.63, 3.8) is 0 Å². The van der Waals surface area contributed by atoms with Crippen LogP contribution in [0.1, 0.15) is 26.7 Å². The van der Waals surface area contributed by atoms with E-state index in [0.717, 1.165) is 5.92 Å². The fraction of sp³-hybridized carbons (Fsp3) is 0.545. The Kier molecular flexibility index (Phi) is 3.27. The van der Waals surface area contributed by atoms with Crippen LogP contribution in [0.25, 0.3) is 0 Å². The lowest BCUT2D eigenvalue weighted by molar-refractivity contribution is 0.533. The van der Waals surface area contributed by atoms with Gasteiger partial charge < -0.3 is 5.41 Å². The van der Waals surface area contributed by atoms with Crippen molar-refractivity contribution in [2.24, 2.45) is 11.8 Å². The number of rotatable bonds is 2. The van der Waals surface area contributed by atoms with E-state index in [0.29, 0.717) is 5.92 Å². The predicted octanol–water partition coefficient (Wildman–Crippen LogP) is 3.18. The summed E-state index contributed by atoms with van der Waals surface area (Å²) < 4.78 is 0. The van der Waals surface area contributed by atoms with Crippen molar-refractivity contribution in [3.8, 4) is 0 Å². The van der Waals surface area contributed by atoms with Crippen LogP contribution < -0.4 is 0 Å². The average molecular weight is 163 g/mol. The Morgan fingerprint density at radius 2 is 2.25 bits per heavy atom. The van der Waals surface area contributed by atoms with Crippen LogP contribution >= 0.6 is 0 Å². The molecule has 1 N–H and O–H groups in total. The van der Waals surface area contributed by atoms with Crippen molar-refractivity contribution in [2.75, 3.05) is 0 Å². The Morgan fingerprint density at radius 3 is 2.83 bits per heavy atom. The van der Waals surface area contributed by atoms with Gasteiger partial charge in [0.05, 0.1) is 0 Å². The zero-order chi connectivity index (χ0) is 8.97. The molecular weight excluding hydrogens is 146 g/mol. The van der Waals surface area contributed by atoms with E-state index < -0.39 is 0 Å². The van der Waals surface area contributed by atoms with Crippen molar-refractivity contribution in [2.45, 2.75) is 26.7 Å². The van der Waals surface area contributed by atoms with Gasteiger partial charge in [0.25, 0.3) is 0 Å². The highest BCUT2D eigenvalue weighted by molar-refractivity contribution is 5.67. The first-order chi connectivity index (χ1) is 5.79. The van der Waals surface area contributed by atoms with Crippen LogP contribution in [-0.2, 0) is 0 Å². The Balaban J connectivity index is 2.70. The van der Waals surface area contributed by atoms with Crippen LogP contribution in [0.4, 0.5) is 0 Å². The van der Waals surface area contributed by atoms with Crippen LogP contribution in [-0.4, -0.2) is 6.21 Å². The van der Waals surface area contributed by atoms with E-state index in [4.69, 9.17) is 5.41 Å². The molecule has 1 saturated carbocycles. The zero-order valence-electron chi connectivity index (χ0n) is 7.88. The minimum atomic E-state index is 0.594. The molecule has 2 unspecified atom stereocenters. The molecule has 0 aromatic heterocycles. The third-order valence-electron chi connectivity index (χ3n) is 2.72. The van der Waals surface area contributed by atoms with E-state index >= 15 is 0 Å². The van der Waals surface area contributed by atoms with Gasteiger partial charge in [-0.2, -0.15) is 0 Å². The molecule has 1 rings (SSSR count). The second-order valence-corrected chi connectivity index (χ2v) is 3.46. The number of nitrogens with one attached hydrogen (secondary N) is 1. The largest absolute Gasteiger partial charge is 0.309 e. The van der Waals surface area contributed by atoms with Crippen molar-refractivity contribution >= 4 is 6.21 Å². The van der Waals surface area contributed by atoms with Gasteiger partial charge in [-0.3, -0.25) is 0 Å². The summed E-state index contributed by atoms with van der Waals surface area (Å²) in [6.45, 7) is 4.40. The molecular formula is C11H17N. The molecule has 2 atom stereocenters. The van der Waals surface area contributed by atoms with E-state index in [1.165, 1.54) is 19.1 Å². The van der Waals surface area contributed by atoms with Gasteiger partial charge in [-0.05, 0) is 31.8 Å². The van der Waals surface area contributed by atoms with Crippen molar-refractivity contribution in [1.29, 1.82) is 5.41 Å². The standard InChI is InChI=1S/C11H17N/c1-3-10-7-6-9(2)11(10)5-4-8-12/h3-5,8-9,11-12H,6-7H2,1-2H3/b5-4-,10-3+,12-8?. The summed E-state index contributed by atoms with van der Waals surface area (Å²) in [5.74, 6) is 1.35. The first-order valence-electron chi connectivity index (χ1n) is 4.62. The van der Waals surface area contributed by atoms with Crippen molar-refractivity contribution in [1.82, 2.24) is 0 Å². The summed E-state index contributed by atoms with van der Waals surface area (Å²) in [5.41, 5.74) is 1.54. The van der Waals surface area contributed by atoms with Crippen LogP contribution in [0.2, 0.25) is 0 Å². The first kappa shape index (κ1) is 9.24. The second kappa shape index (κ2) is 4.24. The highest BCUT2D eigenvalue weighted by Gasteiger charge is 2.24. The van der Waals surface area contributed by atoms with Gasteiger partial charge in [0, 0.05) is 12.1 Å². The van der Waals surface area contributed by atoms with E-state index in [-0.39, 0.29) is 0 Å². The Morgan fingerprint density at radius 1 is 1.50 bits per heavy atom. The maximum absolute atomic E-state index is 6.92. The quantitative estimate of drug-likeness (QED) is 0.477. The Bertz CT molecular complexity index is 213. The molecule has 0 aromatic rings. The van der Waals surface area contributed by atoms with Crippen LogP contribution in [0.3, 0.4) is 0 Å². The lowest BCUT2D eigenvalue weighted by atomic mass is 9.94. The van der Waals surface area contributed by atoms with Crippen molar-refractivity contribution < 1.29 is 0 Å². The summed E-state index contributed by atoms with van der Waals surface area (Å²) in [6.07, 6.45) is 10.1. The van der Waals surface area contributed by atoms with Crippen LogP contribution in [0.5, 0.6) is 0 Å². The molecule has 0 bridgehead atoms. The van der Waals surface area contributed by atoms with Crippen LogP contribution in [0, 0.1) is 17.2 Å². The predicted molar refractivity (Wildman–Crippen MR) is 53.6 cm³/mol. The van der Waals surface area contributed by atoms with Gasteiger partial charge in [0.2, 0.25) is 0 Å². The van der Waals surface area contributed by atoms with Gasteiger partial charge in [-0.1, -0.05) is 24.6 Å². The number of hydrogen-bond acceptors (Lipinski definition) is 1. The molecule has 0 aromatic carbocycles.